The summed E-state index contributed by atoms with van der Waals surface area (Å²) in [5.41, 5.74) is 2.66. The highest BCUT2D eigenvalue weighted by atomic mass is 35.5. The van der Waals surface area contributed by atoms with E-state index in [0.717, 1.165) is 16.5 Å². The van der Waals surface area contributed by atoms with Crippen LogP contribution < -0.4 is 5.32 Å². The van der Waals surface area contributed by atoms with E-state index < -0.39 is 0 Å². The van der Waals surface area contributed by atoms with Crippen LogP contribution in [0.2, 0.25) is 5.02 Å². The third kappa shape index (κ3) is 3.30. The van der Waals surface area contributed by atoms with Gasteiger partial charge in [-0.05, 0) is 23.8 Å². The molecule has 0 aliphatic carbocycles. The molecular weight excluding hydrogens is 324 g/mol. The van der Waals surface area contributed by atoms with Gasteiger partial charge in [-0.1, -0.05) is 41.9 Å². The third-order valence-corrected chi connectivity index (χ3v) is 4.02. The van der Waals surface area contributed by atoms with Crippen molar-refractivity contribution >= 4 is 28.2 Å². The topological polar surface area (TPSA) is 70.8 Å². The van der Waals surface area contributed by atoms with E-state index >= 15 is 0 Å². The van der Waals surface area contributed by atoms with Gasteiger partial charge in [0.25, 0.3) is 0 Å². The highest BCUT2D eigenvalue weighted by molar-refractivity contribution is 6.30. The SMILES string of the molecule is COC(CNc1c(C#N)nnc2ccccc12)c1ccc(Cl)cc1. The van der Waals surface area contributed by atoms with Gasteiger partial charge in [-0.2, -0.15) is 5.26 Å². The van der Waals surface area contributed by atoms with Crippen LogP contribution in [0, 0.1) is 11.3 Å². The van der Waals surface area contributed by atoms with E-state index in [1.54, 1.807) is 7.11 Å². The van der Waals surface area contributed by atoms with Crippen molar-refractivity contribution in [3.8, 4) is 6.07 Å². The summed E-state index contributed by atoms with van der Waals surface area (Å²) in [7, 11) is 1.65. The lowest BCUT2D eigenvalue weighted by atomic mass is 10.1. The molecular formula is C18H15ClN4O. The Balaban J connectivity index is 1.89. The number of hydrogen-bond donors (Lipinski definition) is 1. The molecule has 2 aromatic carbocycles. The Morgan fingerprint density at radius 3 is 2.62 bits per heavy atom. The summed E-state index contributed by atoms with van der Waals surface area (Å²) in [5.74, 6) is 0. The number of halogens is 1. The smallest absolute Gasteiger partial charge is 0.186 e. The van der Waals surface area contributed by atoms with Crippen LogP contribution in [0.3, 0.4) is 0 Å². The molecule has 0 aliphatic rings. The molecule has 3 aromatic rings. The fraction of sp³-hybridized carbons (Fsp3) is 0.167. The van der Waals surface area contributed by atoms with Gasteiger partial charge < -0.3 is 10.1 Å². The first-order valence-electron chi connectivity index (χ1n) is 7.40. The summed E-state index contributed by atoms with van der Waals surface area (Å²) in [6.45, 7) is 0.489. The predicted octanol–water partition coefficient (Wildman–Crippen LogP) is 3.95. The molecule has 1 heterocycles. The zero-order valence-electron chi connectivity index (χ0n) is 13.0. The maximum Gasteiger partial charge on any atom is 0.186 e. The molecule has 0 radical (unpaired) electrons. The summed E-state index contributed by atoms with van der Waals surface area (Å²) in [6.07, 6.45) is -0.180. The first kappa shape index (κ1) is 16.2. The number of hydrogen-bond acceptors (Lipinski definition) is 5. The van der Waals surface area contributed by atoms with E-state index in [-0.39, 0.29) is 11.8 Å². The van der Waals surface area contributed by atoms with Crippen molar-refractivity contribution in [1.82, 2.24) is 10.2 Å². The molecule has 1 N–H and O–H groups in total. The van der Waals surface area contributed by atoms with Crippen molar-refractivity contribution in [3.05, 3.63) is 64.8 Å². The van der Waals surface area contributed by atoms with E-state index in [9.17, 15) is 5.26 Å². The molecule has 1 aromatic heterocycles. The van der Waals surface area contributed by atoms with Crippen LogP contribution in [0.5, 0.6) is 0 Å². The first-order chi connectivity index (χ1) is 11.7. The van der Waals surface area contributed by atoms with Gasteiger partial charge in [0.1, 0.15) is 6.07 Å². The highest BCUT2D eigenvalue weighted by Gasteiger charge is 2.14. The molecule has 1 unspecified atom stereocenters. The molecule has 0 saturated carbocycles. The summed E-state index contributed by atoms with van der Waals surface area (Å²) in [5, 5.41) is 22.2. The van der Waals surface area contributed by atoms with Crippen LogP contribution in [0.4, 0.5) is 5.69 Å². The van der Waals surface area contributed by atoms with Crippen molar-refractivity contribution in [2.24, 2.45) is 0 Å². The molecule has 0 bridgehead atoms. The third-order valence-electron chi connectivity index (χ3n) is 3.76. The van der Waals surface area contributed by atoms with Crippen molar-refractivity contribution in [2.45, 2.75) is 6.10 Å². The second-order valence-electron chi connectivity index (χ2n) is 5.21. The second kappa shape index (κ2) is 7.26. The number of anilines is 1. The minimum Gasteiger partial charge on any atom is -0.379 e. The zero-order chi connectivity index (χ0) is 16.9. The van der Waals surface area contributed by atoms with Crippen LogP contribution in [0.1, 0.15) is 17.4 Å². The average Bonchev–Trinajstić information content (AvgIpc) is 2.63. The quantitative estimate of drug-likeness (QED) is 0.762. The van der Waals surface area contributed by atoms with Gasteiger partial charge in [0, 0.05) is 24.1 Å². The highest BCUT2D eigenvalue weighted by Crippen LogP contribution is 2.26. The van der Waals surface area contributed by atoms with Crippen LogP contribution in [0.15, 0.2) is 48.5 Å². The van der Waals surface area contributed by atoms with E-state index in [1.165, 1.54) is 0 Å². The van der Waals surface area contributed by atoms with Crippen molar-refractivity contribution in [3.63, 3.8) is 0 Å². The zero-order valence-corrected chi connectivity index (χ0v) is 13.8. The Bertz CT molecular complexity index is 890. The number of nitriles is 1. The number of rotatable bonds is 5. The molecule has 0 aliphatic heterocycles. The van der Waals surface area contributed by atoms with Gasteiger partial charge in [-0.15, -0.1) is 10.2 Å². The summed E-state index contributed by atoms with van der Waals surface area (Å²) >= 11 is 5.93. The Hall–Kier alpha value is -2.68. The van der Waals surface area contributed by atoms with Gasteiger partial charge in [0.2, 0.25) is 0 Å². The summed E-state index contributed by atoms with van der Waals surface area (Å²) < 4.78 is 5.56. The van der Waals surface area contributed by atoms with Crippen molar-refractivity contribution < 1.29 is 4.74 Å². The number of ether oxygens (including phenoxy) is 1. The van der Waals surface area contributed by atoms with Gasteiger partial charge in [0.05, 0.1) is 17.3 Å². The lowest BCUT2D eigenvalue weighted by Gasteiger charge is -2.18. The number of fused-ring (bicyclic) bond motifs is 1. The van der Waals surface area contributed by atoms with Crippen molar-refractivity contribution in [1.29, 1.82) is 5.26 Å². The van der Waals surface area contributed by atoms with E-state index in [1.807, 2.05) is 48.5 Å². The molecule has 120 valence electrons. The lowest BCUT2D eigenvalue weighted by molar-refractivity contribution is 0.114. The first-order valence-corrected chi connectivity index (χ1v) is 7.78. The number of aromatic nitrogens is 2. The number of benzene rings is 2. The van der Waals surface area contributed by atoms with Crippen LogP contribution in [-0.2, 0) is 4.74 Å². The maximum atomic E-state index is 9.31. The molecule has 24 heavy (non-hydrogen) atoms. The van der Waals surface area contributed by atoms with Gasteiger partial charge >= 0.3 is 0 Å². The fourth-order valence-corrected chi connectivity index (χ4v) is 2.65. The summed E-state index contributed by atoms with van der Waals surface area (Å²) in [4.78, 5) is 0. The normalized spacial score (nSPS) is 11.9. The Morgan fingerprint density at radius 2 is 1.92 bits per heavy atom. The monoisotopic (exact) mass is 338 g/mol. The maximum absolute atomic E-state index is 9.31. The minimum atomic E-state index is -0.180. The van der Waals surface area contributed by atoms with Crippen LogP contribution >= 0.6 is 11.6 Å². The molecule has 0 spiro atoms. The summed E-state index contributed by atoms with van der Waals surface area (Å²) in [6, 6.07) is 17.2. The minimum absolute atomic E-state index is 0.180. The number of nitrogens with zero attached hydrogens (tertiary/aromatic N) is 3. The van der Waals surface area contributed by atoms with Gasteiger partial charge in [-0.25, -0.2) is 0 Å². The lowest BCUT2D eigenvalue weighted by Crippen LogP contribution is -2.16. The van der Waals surface area contributed by atoms with Gasteiger partial charge in [-0.3, -0.25) is 0 Å². The molecule has 6 heteroatoms. The molecule has 3 rings (SSSR count). The Kier molecular flexibility index (Phi) is 4.90. The Labute approximate surface area is 144 Å². The number of nitrogens with one attached hydrogen (secondary N) is 1. The van der Waals surface area contributed by atoms with E-state index in [4.69, 9.17) is 16.3 Å². The molecule has 0 amide bonds. The van der Waals surface area contributed by atoms with Gasteiger partial charge in [0.15, 0.2) is 5.69 Å². The molecule has 0 saturated heterocycles. The molecule has 1 atom stereocenters. The predicted molar refractivity (Wildman–Crippen MR) is 93.9 cm³/mol. The van der Waals surface area contributed by atoms with Crippen LogP contribution in [0.25, 0.3) is 10.9 Å². The molecule has 5 nitrogen and oxygen atoms in total. The average molecular weight is 339 g/mol. The fourth-order valence-electron chi connectivity index (χ4n) is 2.52. The number of methoxy groups -OCH3 is 1. The Morgan fingerprint density at radius 1 is 1.17 bits per heavy atom. The van der Waals surface area contributed by atoms with Crippen molar-refractivity contribution in [2.75, 3.05) is 19.0 Å². The second-order valence-corrected chi connectivity index (χ2v) is 5.65. The largest absolute Gasteiger partial charge is 0.379 e. The van der Waals surface area contributed by atoms with E-state index in [0.29, 0.717) is 17.3 Å². The molecule has 0 fully saturated rings. The van der Waals surface area contributed by atoms with E-state index in [2.05, 4.69) is 21.6 Å². The van der Waals surface area contributed by atoms with Crippen LogP contribution in [-0.4, -0.2) is 23.9 Å². The standard InChI is InChI=1S/C18H15ClN4O/c1-24-17(12-6-8-13(19)9-7-12)11-21-18-14-4-2-3-5-15(14)22-23-16(18)10-20/h2-9,17H,11H2,1H3,(H,21,22).